The van der Waals surface area contributed by atoms with Gasteiger partial charge < -0.3 is 30.2 Å². The zero-order valence-electron chi connectivity index (χ0n) is 28.2. The number of carbonyl (C=O) groups excluding carboxylic acids is 2. The van der Waals surface area contributed by atoms with Crippen molar-refractivity contribution in [3.8, 4) is 45.3 Å². The predicted molar refractivity (Wildman–Crippen MR) is 192 cm³/mol. The van der Waals surface area contributed by atoms with E-state index in [1.54, 1.807) is 27.3 Å². The quantitative estimate of drug-likeness (QED) is 0.125. The molecule has 2 atom stereocenters. The molecule has 0 spiro atoms. The second-order valence-electron chi connectivity index (χ2n) is 12.1. The minimum atomic E-state index is -0.482. The standard InChI is InChI=1S/C37H41Cl2N5O5/c1-21(2)49-37(46)22(3)42-19-24-10-9-23(17-31(24)47-4)35-34(39)28(15-16-41-35)27-7-6-8-29(33(27)38)30-13-11-25(36(44-30)48-5)18-40-20-26-12-14-32(45)43-26/h6-11,13,15-17,21-22,26,40,42H,12,14,18-20H2,1-5H3,(H,43,45)/t22-,26+/m1/s1. The van der Waals surface area contributed by atoms with Crippen LogP contribution in [0.3, 0.4) is 0 Å². The van der Waals surface area contributed by atoms with Crippen LogP contribution in [0.25, 0.3) is 33.6 Å². The number of esters is 1. The topological polar surface area (TPSA) is 124 Å². The maximum atomic E-state index is 12.2. The summed E-state index contributed by atoms with van der Waals surface area (Å²) in [6, 6.07) is 16.8. The minimum absolute atomic E-state index is 0.0933. The van der Waals surface area contributed by atoms with Crippen LogP contribution in [0.2, 0.25) is 10.0 Å². The SMILES string of the molecule is COc1cc(-c2nccc(-c3cccc(-c4ccc(CNC[C@@H]5CCC(=O)N5)c(OC)n4)c3Cl)c2Cl)ccc1CN[C@H](C)C(=O)OC(C)C. The fraction of sp³-hybridized carbons (Fsp3) is 0.351. The Bertz CT molecular complexity index is 1820. The van der Waals surface area contributed by atoms with Crippen molar-refractivity contribution in [2.75, 3.05) is 20.8 Å². The molecule has 0 radical (unpaired) electrons. The Kier molecular flexibility index (Phi) is 12.1. The van der Waals surface area contributed by atoms with E-state index in [4.69, 9.17) is 42.4 Å². The molecule has 0 saturated carbocycles. The van der Waals surface area contributed by atoms with Gasteiger partial charge in [-0.1, -0.05) is 59.6 Å². The van der Waals surface area contributed by atoms with Gasteiger partial charge in [0.05, 0.1) is 41.8 Å². The van der Waals surface area contributed by atoms with Crippen LogP contribution in [-0.2, 0) is 27.4 Å². The van der Waals surface area contributed by atoms with Crippen molar-refractivity contribution in [2.24, 2.45) is 0 Å². The first-order chi connectivity index (χ1) is 23.6. The second-order valence-corrected chi connectivity index (χ2v) is 12.9. The molecule has 1 fully saturated rings. The minimum Gasteiger partial charge on any atom is -0.496 e. The third-order valence-corrected chi connectivity index (χ3v) is 9.03. The predicted octanol–water partition coefficient (Wildman–Crippen LogP) is 6.60. The number of carbonyl (C=O) groups is 2. The van der Waals surface area contributed by atoms with Crippen LogP contribution in [0.4, 0.5) is 0 Å². The number of hydrogen-bond acceptors (Lipinski definition) is 9. The Morgan fingerprint density at radius 2 is 1.71 bits per heavy atom. The Morgan fingerprint density at radius 3 is 2.43 bits per heavy atom. The Labute approximate surface area is 296 Å². The lowest BCUT2D eigenvalue weighted by molar-refractivity contribution is -0.149. The molecule has 2 aromatic carbocycles. The van der Waals surface area contributed by atoms with Gasteiger partial charge in [0.2, 0.25) is 11.8 Å². The number of nitrogens with one attached hydrogen (secondary N) is 3. The van der Waals surface area contributed by atoms with Gasteiger partial charge in [-0.25, -0.2) is 4.98 Å². The van der Waals surface area contributed by atoms with E-state index in [2.05, 4.69) is 20.9 Å². The summed E-state index contributed by atoms with van der Waals surface area (Å²) in [4.78, 5) is 33.1. The molecule has 1 aliphatic rings. The van der Waals surface area contributed by atoms with E-state index in [0.29, 0.717) is 64.7 Å². The van der Waals surface area contributed by atoms with Gasteiger partial charge in [0, 0.05) is 71.7 Å². The summed E-state index contributed by atoms with van der Waals surface area (Å²) < 4.78 is 16.6. The molecular formula is C37H41Cl2N5O5. The van der Waals surface area contributed by atoms with Gasteiger partial charge in [-0.2, -0.15) is 0 Å². The Balaban J connectivity index is 1.36. The van der Waals surface area contributed by atoms with E-state index in [0.717, 1.165) is 34.2 Å². The highest BCUT2D eigenvalue weighted by Gasteiger charge is 2.22. The van der Waals surface area contributed by atoms with Gasteiger partial charge in [-0.15, -0.1) is 0 Å². The summed E-state index contributed by atoms with van der Waals surface area (Å²) in [7, 11) is 3.19. The van der Waals surface area contributed by atoms with Crippen LogP contribution in [0.5, 0.6) is 11.6 Å². The lowest BCUT2D eigenvalue weighted by Crippen LogP contribution is -2.36. The van der Waals surface area contributed by atoms with Crippen LogP contribution in [0.15, 0.2) is 60.8 Å². The number of methoxy groups -OCH3 is 2. The molecule has 10 nitrogen and oxygen atoms in total. The van der Waals surface area contributed by atoms with Crippen molar-refractivity contribution in [1.82, 2.24) is 25.9 Å². The summed E-state index contributed by atoms with van der Waals surface area (Å²) in [5.74, 6) is 0.898. The molecule has 12 heteroatoms. The van der Waals surface area contributed by atoms with Gasteiger partial charge in [0.1, 0.15) is 11.8 Å². The summed E-state index contributed by atoms with van der Waals surface area (Å²) in [5.41, 5.74) is 5.92. The molecule has 1 aliphatic heterocycles. The lowest BCUT2D eigenvalue weighted by atomic mass is 9.99. The molecule has 1 saturated heterocycles. The first kappa shape index (κ1) is 36.1. The number of rotatable bonds is 14. The third kappa shape index (κ3) is 8.69. The van der Waals surface area contributed by atoms with E-state index in [-0.39, 0.29) is 24.0 Å². The lowest BCUT2D eigenvalue weighted by Gasteiger charge is -2.17. The van der Waals surface area contributed by atoms with E-state index in [1.165, 1.54) is 0 Å². The molecule has 0 aliphatic carbocycles. The van der Waals surface area contributed by atoms with Crippen molar-refractivity contribution >= 4 is 35.1 Å². The molecule has 49 heavy (non-hydrogen) atoms. The van der Waals surface area contributed by atoms with Crippen LogP contribution in [0, 0.1) is 0 Å². The highest BCUT2D eigenvalue weighted by Crippen LogP contribution is 2.42. The van der Waals surface area contributed by atoms with E-state index in [9.17, 15) is 9.59 Å². The zero-order valence-corrected chi connectivity index (χ0v) is 29.7. The smallest absolute Gasteiger partial charge is 0.323 e. The number of amides is 1. The molecule has 0 bridgehead atoms. The van der Waals surface area contributed by atoms with Gasteiger partial charge >= 0.3 is 5.97 Å². The molecule has 2 aromatic heterocycles. The first-order valence-electron chi connectivity index (χ1n) is 16.2. The first-order valence-corrected chi connectivity index (χ1v) is 16.9. The van der Waals surface area contributed by atoms with Crippen LogP contribution in [-0.4, -0.2) is 60.8 Å². The van der Waals surface area contributed by atoms with Crippen LogP contribution >= 0.6 is 23.2 Å². The van der Waals surface area contributed by atoms with Crippen molar-refractivity contribution in [2.45, 2.75) is 64.9 Å². The molecule has 3 heterocycles. The normalized spacial score (nSPS) is 14.9. The molecule has 1 amide bonds. The molecule has 5 rings (SSSR count). The number of hydrogen-bond donors (Lipinski definition) is 3. The maximum absolute atomic E-state index is 12.2. The van der Waals surface area contributed by atoms with Gasteiger partial charge in [-0.05, 0) is 45.4 Å². The van der Waals surface area contributed by atoms with Crippen molar-refractivity contribution < 1.29 is 23.8 Å². The third-order valence-electron chi connectivity index (χ3n) is 8.24. The van der Waals surface area contributed by atoms with Crippen LogP contribution < -0.4 is 25.4 Å². The van der Waals surface area contributed by atoms with E-state index in [1.807, 2.05) is 68.4 Å². The van der Waals surface area contributed by atoms with E-state index < -0.39 is 6.04 Å². The number of ether oxygens (including phenoxy) is 3. The zero-order chi connectivity index (χ0) is 35.1. The largest absolute Gasteiger partial charge is 0.496 e. The molecule has 4 aromatic rings. The highest BCUT2D eigenvalue weighted by molar-refractivity contribution is 6.39. The average Bonchev–Trinajstić information content (AvgIpc) is 3.51. The van der Waals surface area contributed by atoms with Gasteiger partial charge in [-0.3, -0.25) is 14.6 Å². The number of benzene rings is 2. The van der Waals surface area contributed by atoms with Crippen molar-refractivity contribution in [3.05, 3.63) is 82.0 Å². The van der Waals surface area contributed by atoms with Crippen LogP contribution in [0.1, 0.15) is 44.7 Å². The summed E-state index contributed by atoms with van der Waals surface area (Å²) in [6.45, 7) is 7.02. The number of halogens is 2. The molecule has 0 unspecified atom stereocenters. The fourth-order valence-electron chi connectivity index (χ4n) is 5.65. The Hall–Kier alpha value is -4.22. The van der Waals surface area contributed by atoms with Gasteiger partial charge in [0.25, 0.3) is 0 Å². The molecule has 3 N–H and O–H groups in total. The molecule has 258 valence electrons. The number of nitrogens with zero attached hydrogens (tertiary/aromatic N) is 2. The van der Waals surface area contributed by atoms with Crippen molar-refractivity contribution in [1.29, 1.82) is 0 Å². The summed E-state index contributed by atoms with van der Waals surface area (Å²) >= 11 is 14.1. The summed E-state index contributed by atoms with van der Waals surface area (Å²) in [6.07, 6.45) is 2.91. The number of aromatic nitrogens is 2. The second kappa shape index (κ2) is 16.5. The average molecular weight is 707 g/mol. The Morgan fingerprint density at radius 1 is 0.959 bits per heavy atom. The number of pyridine rings is 2. The van der Waals surface area contributed by atoms with Gasteiger partial charge in [0.15, 0.2) is 0 Å². The summed E-state index contributed by atoms with van der Waals surface area (Å²) in [5, 5.41) is 10.5. The monoisotopic (exact) mass is 705 g/mol. The maximum Gasteiger partial charge on any atom is 0.323 e. The molecular weight excluding hydrogens is 665 g/mol. The van der Waals surface area contributed by atoms with Crippen molar-refractivity contribution in [3.63, 3.8) is 0 Å². The highest BCUT2D eigenvalue weighted by atomic mass is 35.5. The fourth-order valence-corrected chi connectivity index (χ4v) is 6.30. The van der Waals surface area contributed by atoms with E-state index >= 15 is 0 Å².